The van der Waals surface area contributed by atoms with E-state index in [2.05, 4.69) is 33.8 Å². The van der Waals surface area contributed by atoms with E-state index in [1.807, 2.05) is 24.9 Å². The number of rotatable bonds is 10. The summed E-state index contributed by atoms with van der Waals surface area (Å²) in [6, 6.07) is 1.97. The summed E-state index contributed by atoms with van der Waals surface area (Å²) in [6.45, 7) is 3.13. The van der Waals surface area contributed by atoms with E-state index < -0.39 is 0 Å². The van der Waals surface area contributed by atoms with Crippen LogP contribution >= 0.6 is 11.8 Å². The Morgan fingerprint density at radius 1 is 1.16 bits per heavy atom. The zero-order valence-corrected chi connectivity index (χ0v) is 13.1. The molecule has 0 aliphatic heterocycles. The summed E-state index contributed by atoms with van der Waals surface area (Å²) in [5, 5.41) is 6.49. The number of nitrogens with zero attached hydrogens (tertiary/aromatic N) is 2. The highest BCUT2D eigenvalue weighted by Gasteiger charge is 2.02. The minimum absolute atomic E-state index is 0.892. The number of hydrogen-bond acceptors (Lipinski definition) is 5. The molecule has 0 atom stereocenters. The van der Waals surface area contributed by atoms with E-state index in [1.165, 1.54) is 25.0 Å². The Bertz CT molecular complexity index is 357. The van der Waals surface area contributed by atoms with E-state index in [0.717, 1.165) is 36.8 Å². The van der Waals surface area contributed by atoms with Crippen molar-refractivity contribution in [1.29, 1.82) is 0 Å². The van der Waals surface area contributed by atoms with Crippen molar-refractivity contribution >= 4 is 23.4 Å². The SMILES string of the molecule is CCCc1nc(NC)cc(NCCCCCSC)n1. The molecule has 5 heteroatoms. The molecule has 0 spiro atoms. The molecule has 1 heterocycles. The number of aromatic nitrogens is 2. The molecule has 2 N–H and O–H groups in total. The predicted octanol–water partition coefficient (Wildman–Crippen LogP) is 3.42. The third kappa shape index (κ3) is 6.66. The second-order valence-electron chi connectivity index (χ2n) is 4.53. The van der Waals surface area contributed by atoms with Crippen LogP contribution in [0.2, 0.25) is 0 Å². The zero-order valence-electron chi connectivity index (χ0n) is 12.3. The van der Waals surface area contributed by atoms with Crippen molar-refractivity contribution in [2.24, 2.45) is 0 Å². The molecule has 1 rings (SSSR count). The van der Waals surface area contributed by atoms with Gasteiger partial charge in [-0.3, -0.25) is 0 Å². The third-order valence-corrected chi connectivity index (χ3v) is 3.53. The van der Waals surface area contributed by atoms with Gasteiger partial charge in [-0.25, -0.2) is 9.97 Å². The molecule has 0 fully saturated rings. The number of nitrogens with one attached hydrogen (secondary N) is 2. The molecular weight excluding hydrogens is 256 g/mol. The topological polar surface area (TPSA) is 49.8 Å². The van der Waals surface area contributed by atoms with Crippen molar-refractivity contribution in [1.82, 2.24) is 9.97 Å². The summed E-state index contributed by atoms with van der Waals surface area (Å²) >= 11 is 1.92. The Balaban J connectivity index is 2.41. The lowest BCUT2D eigenvalue weighted by Gasteiger charge is -2.09. The van der Waals surface area contributed by atoms with Crippen LogP contribution in [-0.4, -0.2) is 35.6 Å². The molecule has 4 nitrogen and oxygen atoms in total. The van der Waals surface area contributed by atoms with Gasteiger partial charge in [0.05, 0.1) is 0 Å². The minimum Gasteiger partial charge on any atom is -0.373 e. The second kappa shape index (κ2) is 9.89. The van der Waals surface area contributed by atoms with Gasteiger partial charge in [0.1, 0.15) is 17.5 Å². The molecule has 1 aromatic rings. The number of unbranched alkanes of at least 4 members (excludes halogenated alkanes) is 2. The van der Waals surface area contributed by atoms with Gasteiger partial charge < -0.3 is 10.6 Å². The van der Waals surface area contributed by atoms with Crippen LogP contribution in [0.3, 0.4) is 0 Å². The van der Waals surface area contributed by atoms with E-state index in [9.17, 15) is 0 Å². The average Bonchev–Trinajstić information content (AvgIpc) is 2.43. The molecule has 19 heavy (non-hydrogen) atoms. The van der Waals surface area contributed by atoms with Crippen molar-refractivity contribution in [3.63, 3.8) is 0 Å². The van der Waals surface area contributed by atoms with Crippen molar-refractivity contribution in [2.45, 2.75) is 39.0 Å². The molecular formula is C14H26N4S. The highest BCUT2D eigenvalue weighted by molar-refractivity contribution is 7.98. The highest BCUT2D eigenvalue weighted by atomic mass is 32.2. The standard InChI is InChI=1S/C14H26N4S/c1-4-8-12-17-13(15-2)11-14(18-12)16-9-6-5-7-10-19-3/h11H,4-10H2,1-3H3,(H2,15,16,17,18). The molecule has 0 amide bonds. The van der Waals surface area contributed by atoms with Crippen molar-refractivity contribution in [3.05, 3.63) is 11.9 Å². The van der Waals surface area contributed by atoms with Crippen LogP contribution in [0.25, 0.3) is 0 Å². The summed E-state index contributed by atoms with van der Waals surface area (Å²) in [6.07, 6.45) is 7.94. The van der Waals surface area contributed by atoms with Gasteiger partial charge in [-0.2, -0.15) is 11.8 Å². The van der Waals surface area contributed by atoms with Crippen LogP contribution < -0.4 is 10.6 Å². The molecule has 1 aromatic heterocycles. The molecule has 0 aromatic carbocycles. The van der Waals surface area contributed by atoms with Gasteiger partial charge in [-0.05, 0) is 31.3 Å². The zero-order chi connectivity index (χ0) is 13.9. The van der Waals surface area contributed by atoms with Gasteiger partial charge in [0, 0.05) is 26.1 Å². The fourth-order valence-corrected chi connectivity index (χ4v) is 2.31. The quantitative estimate of drug-likeness (QED) is 0.644. The summed E-state index contributed by atoms with van der Waals surface area (Å²) < 4.78 is 0. The van der Waals surface area contributed by atoms with E-state index >= 15 is 0 Å². The molecule has 108 valence electrons. The lowest BCUT2D eigenvalue weighted by Crippen LogP contribution is -2.08. The van der Waals surface area contributed by atoms with Crippen molar-refractivity contribution < 1.29 is 0 Å². The van der Waals surface area contributed by atoms with Crippen LogP contribution in [0.1, 0.15) is 38.4 Å². The molecule has 0 aliphatic rings. The van der Waals surface area contributed by atoms with Crippen LogP contribution in [0.15, 0.2) is 6.07 Å². The minimum atomic E-state index is 0.892. The maximum Gasteiger partial charge on any atom is 0.133 e. The third-order valence-electron chi connectivity index (χ3n) is 2.83. The summed E-state index contributed by atoms with van der Waals surface area (Å²) in [4.78, 5) is 8.98. The monoisotopic (exact) mass is 282 g/mol. The Morgan fingerprint density at radius 2 is 1.95 bits per heavy atom. The summed E-state index contributed by atoms with van der Waals surface area (Å²) in [5.74, 6) is 4.01. The molecule has 0 saturated heterocycles. The highest BCUT2D eigenvalue weighted by Crippen LogP contribution is 2.12. The summed E-state index contributed by atoms with van der Waals surface area (Å²) in [7, 11) is 1.89. The van der Waals surface area contributed by atoms with Crippen LogP contribution in [0, 0.1) is 0 Å². The second-order valence-corrected chi connectivity index (χ2v) is 5.52. The van der Waals surface area contributed by atoms with Crippen molar-refractivity contribution in [3.8, 4) is 0 Å². The number of hydrogen-bond donors (Lipinski definition) is 2. The Kier molecular flexibility index (Phi) is 8.38. The average molecular weight is 282 g/mol. The van der Waals surface area contributed by atoms with Gasteiger partial charge in [0.15, 0.2) is 0 Å². The Labute approximate surface area is 121 Å². The van der Waals surface area contributed by atoms with Gasteiger partial charge in [0.25, 0.3) is 0 Å². The maximum atomic E-state index is 4.54. The number of thioether (sulfide) groups is 1. The maximum absolute atomic E-state index is 4.54. The van der Waals surface area contributed by atoms with Crippen LogP contribution in [0.5, 0.6) is 0 Å². The number of anilines is 2. The Morgan fingerprint density at radius 3 is 2.63 bits per heavy atom. The molecule has 0 radical (unpaired) electrons. The van der Waals surface area contributed by atoms with Crippen LogP contribution in [-0.2, 0) is 6.42 Å². The van der Waals surface area contributed by atoms with E-state index in [4.69, 9.17) is 0 Å². The van der Waals surface area contributed by atoms with E-state index in [0.29, 0.717) is 0 Å². The lowest BCUT2D eigenvalue weighted by atomic mass is 10.2. The lowest BCUT2D eigenvalue weighted by molar-refractivity contribution is 0.746. The first-order chi connectivity index (χ1) is 9.30. The number of aryl methyl sites for hydroxylation is 1. The smallest absolute Gasteiger partial charge is 0.133 e. The fourth-order valence-electron chi connectivity index (χ4n) is 1.82. The predicted molar refractivity (Wildman–Crippen MR) is 86.3 cm³/mol. The van der Waals surface area contributed by atoms with Gasteiger partial charge in [0.2, 0.25) is 0 Å². The fraction of sp³-hybridized carbons (Fsp3) is 0.714. The molecule has 0 aliphatic carbocycles. The first-order valence-corrected chi connectivity index (χ1v) is 8.48. The first-order valence-electron chi connectivity index (χ1n) is 7.08. The van der Waals surface area contributed by atoms with Gasteiger partial charge >= 0.3 is 0 Å². The summed E-state index contributed by atoms with van der Waals surface area (Å²) in [5.41, 5.74) is 0. The molecule has 0 unspecified atom stereocenters. The van der Waals surface area contributed by atoms with Crippen LogP contribution in [0.4, 0.5) is 11.6 Å². The van der Waals surface area contributed by atoms with Gasteiger partial charge in [-0.15, -0.1) is 0 Å². The normalized spacial score (nSPS) is 10.5. The molecule has 0 bridgehead atoms. The largest absolute Gasteiger partial charge is 0.373 e. The Hall–Kier alpha value is -0.970. The van der Waals surface area contributed by atoms with Gasteiger partial charge in [-0.1, -0.05) is 13.3 Å². The van der Waals surface area contributed by atoms with E-state index in [1.54, 1.807) is 0 Å². The molecule has 0 saturated carbocycles. The first kappa shape index (κ1) is 16.1. The van der Waals surface area contributed by atoms with E-state index in [-0.39, 0.29) is 0 Å². The van der Waals surface area contributed by atoms with Crippen molar-refractivity contribution in [2.75, 3.05) is 36.2 Å².